The van der Waals surface area contributed by atoms with Gasteiger partial charge in [0.2, 0.25) is 0 Å². The molecule has 1 aliphatic heterocycles. The van der Waals surface area contributed by atoms with Gasteiger partial charge in [0, 0.05) is 38.3 Å². The number of hydrogen-bond acceptors (Lipinski definition) is 7. The Hall–Kier alpha value is -4.37. The fraction of sp³-hybridized carbons (Fsp3) is 0.324. The fourth-order valence-corrected chi connectivity index (χ4v) is 5.94. The summed E-state index contributed by atoms with van der Waals surface area (Å²) >= 11 is 0. The van der Waals surface area contributed by atoms with E-state index in [1.165, 1.54) is 11.1 Å². The molecule has 1 aliphatic rings. The van der Waals surface area contributed by atoms with Gasteiger partial charge in [-0.2, -0.15) is 5.10 Å². The van der Waals surface area contributed by atoms with Gasteiger partial charge in [-0.05, 0) is 54.5 Å². The lowest BCUT2D eigenvalue weighted by atomic mass is 10.0. The zero-order valence-corrected chi connectivity index (χ0v) is 26.3. The largest absolute Gasteiger partial charge is 0.508 e. The van der Waals surface area contributed by atoms with Crippen molar-refractivity contribution in [2.24, 2.45) is 0 Å². The van der Waals surface area contributed by atoms with E-state index in [4.69, 9.17) is 14.6 Å². The summed E-state index contributed by atoms with van der Waals surface area (Å²) in [6.45, 7) is 12.6. The molecule has 6 rings (SSSR count). The smallest absolute Gasteiger partial charge is 0.162 e. The van der Waals surface area contributed by atoms with Crippen molar-refractivity contribution in [1.82, 2.24) is 19.6 Å². The number of aromatic hydroxyl groups is 1. The van der Waals surface area contributed by atoms with E-state index in [1.807, 2.05) is 24.3 Å². The van der Waals surface area contributed by atoms with Gasteiger partial charge in [0.25, 0.3) is 0 Å². The molecule has 5 aromatic rings. The van der Waals surface area contributed by atoms with Crippen molar-refractivity contribution in [1.29, 1.82) is 0 Å². The number of nitrogens with one attached hydrogen (secondary N) is 1. The highest BCUT2D eigenvalue weighted by Gasteiger charge is 2.27. The quantitative estimate of drug-likeness (QED) is 0.115. The third kappa shape index (κ3) is 7.31. The molecule has 8 nitrogen and oxygen atoms in total. The van der Waals surface area contributed by atoms with Gasteiger partial charge in [-0.15, -0.1) is 0 Å². The molecule has 0 atom stereocenters. The Kier molecular flexibility index (Phi) is 9.95. The number of nitrogens with zero attached hydrogens (tertiary/aromatic N) is 4. The van der Waals surface area contributed by atoms with Crippen LogP contribution in [-0.2, 0) is 24.4 Å². The van der Waals surface area contributed by atoms with Crippen molar-refractivity contribution >= 4 is 16.6 Å². The topological polar surface area (TPSA) is 75.0 Å². The highest BCUT2D eigenvalue weighted by atomic mass is 16.5. The van der Waals surface area contributed by atoms with Gasteiger partial charge in [-0.1, -0.05) is 74.5 Å². The Morgan fingerprint density at radius 1 is 0.844 bits per heavy atom. The Balaban J connectivity index is 1.19. The predicted molar refractivity (Wildman–Crippen MR) is 181 cm³/mol. The molecule has 0 spiro atoms. The van der Waals surface area contributed by atoms with E-state index in [0.717, 1.165) is 86.0 Å². The lowest BCUT2D eigenvalue weighted by Crippen LogP contribution is -2.32. The number of ether oxygens (including phenoxy) is 2. The number of aromatic nitrogens is 2. The molecule has 2 heterocycles. The monoisotopic (exact) mass is 605 g/mol. The summed E-state index contributed by atoms with van der Waals surface area (Å²) in [6, 6.07) is 30.4. The predicted octanol–water partition coefficient (Wildman–Crippen LogP) is 6.99. The molecule has 234 valence electrons. The molecule has 45 heavy (non-hydrogen) atoms. The molecule has 0 radical (unpaired) electrons. The average molecular weight is 606 g/mol. The second kappa shape index (κ2) is 14.6. The third-order valence-corrected chi connectivity index (χ3v) is 8.48. The van der Waals surface area contributed by atoms with Crippen molar-refractivity contribution < 1.29 is 14.6 Å². The first-order chi connectivity index (χ1) is 22.1. The molecule has 8 heteroatoms. The molecular formula is C37H43N5O3. The molecule has 1 aromatic heterocycles. The highest BCUT2D eigenvalue weighted by Crippen LogP contribution is 2.50. The first kappa shape index (κ1) is 30.6. The van der Waals surface area contributed by atoms with Crippen LogP contribution in [0.2, 0.25) is 0 Å². The van der Waals surface area contributed by atoms with Crippen molar-refractivity contribution in [2.45, 2.75) is 33.5 Å². The fourth-order valence-electron chi connectivity index (χ4n) is 5.94. The van der Waals surface area contributed by atoms with Gasteiger partial charge in [-0.25, -0.2) is 0 Å². The maximum atomic E-state index is 10.3. The van der Waals surface area contributed by atoms with Gasteiger partial charge in [0.05, 0.1) is 36.3 Å². The first-order valence-corrected chi connectivity index (χ1v) is 16.0. The van der Waals surface area contributed by atoms with Crippen LogP contribution in [0.25, 0.3) is 22.2 Å². The second-order valence-corrected chi connectivity index (χ2v) is 11.4. The number of likely N-dealkylation sites (N-methyl/N-ethyl adjacent to an activating group) is 1. The zero-order chi connectivity index (χ0) is 31.0. The lowest BCUT2D eigenvalue weighted by Gasteiger charge is -2.24. The van der Waals surface area contributed by atoms with Crippen LogP contribution >= 0.6 is 0 Å². The van der Waals surface area contributed by atoms with Crippen LogP contribution in [0.1, 0.15) is 25.0 Å². The molecule has 4 aromatic carbocycles. The zero-order valence-electron chi connectivity index (χ0n) is 26.3. The number of fused-ring (bicyclic) bond motifs is 2. The third-order valence-electron chi connectivity index (χ3n) is 8.48. The van der Waals surface area contributed by atoms with Gasteiger partial charge in [0.15, 0.2) is 5.75 Å². The van der Waals surface area contributed by atoms with Gasteiger partial charge >= 0.3 is 0 Å². The number of phenols is 1. The summed E-state index contributed by atoms with van der Waals surface area (Å²) in [5.41, 5.74) is 6.10. The minimum atomic E-state index is 0.201. The Bertz CT molecular complexity index is 1690. The molecule has 0 amide bonds. The van der Waals surface area contributed by atoms with Gasteiger partial charge < -0.3 is 24.8 Å². The molecule has 0 saturated heterocycles. The van der Waals surface area contributed by atoms with Crippen LogP contribution in [0.15, 0.2) is 91.0 Å². The SMILES string of the molecule is CCN(CC)CCn1nc2c3c(c(NCCN(CCOCc4ccccc4)Cc4ccccc4)ccc31)Oc1ccc(O)cc1-2. The number of benzene rings is 4. The van der Waals surface area contributed by atoms with E-state index in [0.29, 0.717) is 19.0 Å². The molecule has 2 N–H and O–H groups in total. The standard InChI is InChI=1S/C37H43N5O3/c1-3-40(4-2)21-22-42-33-17-16-32(37-35(33)36(39-42)31-25-30(43)15-18-34(31)45-37)38-19-20-41(26-28-11-7-5-8-12-28)23-24-44-27-29-13-9-6-10-14-29/h5-18,25,38,43H,3-4,19-24,26-27H2,1-2H3. The number of anilines is 1. The molecule has 0 fully saturated rings. The summed E-state index contributed by atoms with van der Waals surface area (Å²) in [7, 11) is 0. The normalized spacial score (nSPS) is 12.1. The van der Waals surface area contributed by atoms with E-state index >= 15 is 0 Å². The summed E-state index contributed by atoms with van der Waals surface area (Å²) in [5.74, 6) is 1.69. The molecule has 0 unspecified atom stereocenters. The molecule has 0 aliphatic carbocycles. The van der Waals surface area contributed by atoms with Crippen LogP contribution in [0.5, 0.6) is 17.2 Å². The Morgan fingerprint density at radius 3 is 2.36 bits per heavy atom. The number of rotatable bonds is 16. The molecular weight excluding hydrogens is 562 g/mol. The highest BCUT2D eigenvalue weighted by molar-refractivity contribution is 6.04. The van der Waals surface area contributed by atoms with E-state index in [1.54, 1.807) is 12.1 Å². The van der Waals surface area contributed by atoms with Crippen molar-refractivity contribution in [3.63, 3.8) is 0 Å². The Labute approximate surface area is 265 Å². The van der Waals surface area contributed by atoms with Crippen LogP contribution in [0.4, 0.5) is 5.69 Å². The molecule has 0 bridgehead atoms. The van der Waals surface area contributed by atoms with Gasteiger partial charge in [-0.3, -0.25) is 9.58 Å². The van der Waals surface area contributed by atoms with E-state index in [-0.39, 0.29) is 5.75 Å². The van der Waals surface area contributed by atoms with Crippen LogP contribution in [-0.4, -0.2) is 70.6 Å². The van der Waals surface area contributed by atoms with Gasteiger partial charge in [0.1, 0.15) is 17.2 Å². The second-order valence-electron chi connectivity index (χ2n) is 11.4. The average Bonchev–Trinajstić information content (AvgIpc) is 3.45. The number of phenolic OH excluding ortho intramolecular Hbond substituents is 1. The van der Waals surface area contributed by atoms with Crippen LogP contribution in [0.3, 0.4) is 0 Å². The van der Waals surface area contributed by atoms with Crippen molar-refractivity contribution in [2.75, 3.05) is 51.2 Å². The van der Waals surface area contributed by atoms with E-state index in [2.05, 4.69) is 88.2 Å². The van der Waals surface area contributed by atoms with E-state index in [9.17, 15) is 5.11 Å². The lowest BCUT2D eigenvalue weighted by molar-refractivity contribution is 0.0915. The maximum absolute atomic E-state index is 10.3. The maximum Gasteiger partial charge on any atom is 0.162 e. The summed E-state index contributed by atoms with van der Waals surface area (Å²) < 4.78 is 14.6. The van der Waals surface area contributed by atoms with Crippen LogP contribution in [0, 0.1) is 0 Å². The summed E-state index contributed by atoms with van der Waals surface area (Å²) in [5, 5.41) is 20.0. The first-order valence-electron chi connectivity index (χ1n) is 16.0. The summed E-state index contributed by atoms with van der Waals surface area (Å²) in [6.07, 6.45) is 0. The van der Waals surface area contributed by atoms with E-state index < -0.39 is 0 Å². The molecule has 0 saturated carbocycles. The number of hydrogen-bond donors (Lipinski definition) is 2. The minimum Gasteiger partial charge on any atom is -0.508 e. The van der Waals surface area contributed by atoms with Crippen molar-refractivity contribution in [3.8, 4) is 28.5 Å². The van der Waals surface area contributed by atoms with Crippen molar-refractivity contribution in [3.05, 3.63) is 102 Å². The summed E-state index contributed by atoms with van der Waals surface area (Å²) in [4.78, 5) is 4.82. The minimum absolute atomic E-state index is 0.201. The Morgan fingerprint density at radius 2 is 1.60 bits per heavy atom. The van der Waals surface area contributed by atoms with Crippen LogP contribution < -0.4 is 10.1 Å².